The minimum atomic E-state index is -4.26. The van der Waals surface area contributed by atoms with E-state index in [1.165, 1.54) is 37.2 Å². The Labute approximate surface area is 230 Å². The Balaban J connectivity index is 2.07. The molecule has 2 amide bonds. The van der Waals surface area contributed by atoms with E-state index < -0.39 is 34.5 Å². The maximum atomic E-state index is 14.8. The van der Waals surface area contributed by atoms with Crippen LogP contribution in [-0.4, -0.2) is 62.7 Å². The number of hydrogen-bond donors (Lipinski definition) is 1. The fourth-order valence-electron chi connectivity index (χ4n) is 4.06. The Morgan fingerprint density at radius 2 is 1.44 bits per heavy atom. The smallest absolute Gasteiger partial charge is 0.304 e. The fourth-order valence-corrected chi connectivity index (χ4v) is 5.12. The molecule has 0 aliphatic heterocycles. The first-order valence-corrected chi connectivity index (χ1v) is 14.1. The van der Waals surface area contributed by atoms with Crippen LogP contribution >= 0.6 is 0 Å². The van der Waals surface area contributed by atoms with E-state index in [0.717, 1.165) is 25.8 Å². The van der Waals surface area contributed by atoms with E-state index in [4.69, 9.17) is 0 Å². The van der Waals surface area contributed by atoms with Crippen LogP contribution in [0, 0.1) is 5.82 Å². The Hall–Kier alpha value is -3.76. The molecule has 3 aromatic rings. The first-order chi connectivity index (χ1) is 18.6. The van der Waals surface area contributed by atoms with E-state index in [1.54, 1.807) is 0 Å². The Kier molecular flexibility index (Phi) is 10.6. The van der Waals surface area contributed by atoms with Crippen LogP contribution in [0.1, 0.15) is 24.5 Å². The van der Waals surface area contributed by atoms with Crippen molar-refractivity contribution in [2.45, 2.75) is 32.4 Å². The highest BCUT2D eigenvalue weighted by Crippen LogP contribution is 2.24. The lowest BCUT2D eigenvalue weighted by molar-refractivity contribution is -0.140. The van der Waals surface area contributed by atoms with Gasteiger partial charge in [0, 0.05) is 33.6 Å². The molecule has 0 bridgehead atoms. The summed E-state index contributed by atoms with van der Waals surface area (Å²) in [6, 6.07) is 22.9. The molecular formula is C29H35FN4O4S. The van der Waals surface area contributed by atoms with Crippen LogP contribution in [0.4, 0.5) is 10.1 Å². The van der Waals surface area contributed by atoms with Crippen LogP contribution in [-0.2, 0) is 32.8 Å². The zero-order chi connectivity index (χ0) is 28.4. The molecule has 3 rings (SSSR count). The van der Waals surface area contributed by atoms with Gasteiger partial charge in [-0.1, -0.05) is 79.7 Å². The van der Waals surface area contributed by atoms with Crippen molar-refractivity contribution < 1.29 is 22.4 Å². The highest BCUT2D eigenvalue weighted by Gasteiger charge is 2.35. The number of carbonyl (C=O) groups excluding carboxylic acids is 2. The lowest BCUT2D eigenvalue weighted by atomic mass is 10.0. The van der Waals surface area contributed by atoms with Crippen LogP contribution in [0.3, 0.4) is 0 Å². The summed E-state index contributed by atoms with van der Waals surface area (Å²) < 4.78 is 43.0. The van der Waals surface area contributed by atoms with Crippen LogP contribution in [0.2, 0.25) is 0 Å². The molecule has 1 atom stereocenters. The molecule has 0 aliphatic rings. The summed E-state index contributed by atoms with van der Waals surface area (Å²) in [4.78, 5) is 28.9. The Bertz CT molecular complexity index is 1340. The molecule has 39 heavy (non-hydrogen) atoms. The van der Waals surface area contributed by atoms with Crippen molar-refractivity contribution >= 4 is 27.7 Å². The third-order valence-corrected chi connectivity index (χ3v) is 7.96. The minimum Gasteiger partial charge on any atom is -0.354 e. The summed E-state index contributed by atoms with van der Waals surface area (Å²) in [6.07, 6.45) is 0.924. The largest absolute Gasteiger partial charge is 0.354 e. The van der Waals surface area contributed by atoms with Crippen molar-refractivity contribution in [1.29, 1.82) is 0 Å². The van der Waals surface area contributed by atoms with Gasteiger partial charge in [-0.2, -0.15) is 12.7 Å². The maximum Gasteiger partial charge on any atom is 0.304 e. The molecule has 3 aromatic carbocycles. The number of para-hydroxylation sites is 1. The lowest BCUT2D eigenvalue weighted by Gasteiger charge is -2.34. The molecule has 0 radical (unpaired) electrons. The van der Waals surface area contributed by atoms with Crippen LogP contribution < -0.4 is 9.62 Å². The second kappa shape index (κ2) is 13.9. The zero-order valence-corrected chi connectivity index (χ0v) is 23.3. The summed E-state index contributed by atoms with van der Waals surface area (Å²) in [7, 11) is -1.63. The normalized spacial score (nSPS) is 12.1. The van der Waals surface area contributed by atoms with Crippen molar-refractivity contribution in [2.24, 2.45) is 0 Å². The minimum absolute atomic E-state index is 0.0594. The number of benzene rings is 3. The van der Waals surface area contributed by atoms with Gasteiger partial charge in [0.05, 0.1) is 5.69 Å². The number of rotatable bonds is 13. The number of halogens is 1. The van der Waals surface area contributed by atoms with Crippen molar-refractivity contribution in [3.8, 4) is 0 Å². The molecular weight excluding hydrogens is 519 g/mol. The van der Waals surface area contributed by atoms with Crippen molar-refractivity contribution in [3.05, 3.63) is 102 Å². The van der Waals surface area contributed by atoms with Gasteiger partial charge in [0.25, 0.3) is 0 Å². The third-order valence-electron chi connectivity index (χ3n) is 6.16. The number of anilines is 1. The number of carbonyl (C=O) groups is 2. The lowest BCUT2D eigenvalue weighted by Crippen LogP contribution is -2.54. The topological polar surface area (TPSA) is 90.0 Å². The highest BCUT2D eigenvalue weighted by atomic mass is 32.2. The average molecular weight is 555 g/mol. The monoisotopic (exact) mass is 554 g/mol. The predicted molar refractivity (Wildman–Crippen MR) is 151 cm³/mol. The Morgan fingerprint density at radius 1 is 0.872 bits per heavy atom. The van der Waals surface area contributed by atoms with Crippen molar-refractivity contribution in [2.75, 3.05) is 31.5 Å². The summed E-state index contributed by atoms with van der Waals surface area (Å²) in [5, 5.41) is 2.88. The second-order valence-electron chi connectivity index (χ2n) is 9.25. The summed E-state index contributed by atoms with van der Waals surface area (Å²) in [5.41, 5.74) is 1.35. The summed E-state index contributed by atoms with van der Waals surface area (Å²) in [5.74, 6) is -1.77. The first-order valence-electron chi connectivity index (χ1n) is 12.7. The highest BCUT2D eigenvalue weighted by molar-refractivity contribution is 7.90. The molecule has 0 saturated heterocycles. The van der Waals surface area contributed by atoms with E-state index in [1.807, 2.05) is 67.6 Å². The van der Waals surface area contributed by atoms with Gasteiger partial charge in [0.2, 0.25) is 11.8 Å². The van der Waals surface area contributed by atoms with Crippen LogP contribution in [0.25, 0.3) is 0 Å². The quantitative estimate of drug-likeness (QED) is 0.350. The van der Waals surface area contributed by atoms with Crippen LogP contribution in [0.5, 0.6) is 0 Å². The average Bonchev–Trinajstić information content (AvgIpc) is 2.93. The molecule has 1 N–H and O–H groups in total. The van der Waals surface area contributed by atoms with Gasteiger partial charge in [0.1, 0.15) is 18.4 Å². The van der Waals surface area contributed by atoms with Crippen molar-refractivity contribution in [1.82, 2.24) is 14.5 Å². The zero-order valence-electron chi connectivity index (χ0n) is 22.5. The molecule has 0 spiro atoms. The number of amides is 2. The molecule has 208 valence electrons. The first kappa shape index (κ1) is 29.8. The van der Waals surface area contributed by atoms with Gasteiger partial charge >= 0.3 is 10.2 Å². The molecule has 8 nitrogen and oxygen atoms in total. The fraction of sp³-hybridized carbons (Fsp3) is 0.310. The molecule has 0 unspecified atom stereocenters. The molecule has 0 aromatic heterocycles. The molecule has 10 heteroatoms. The standard InChI is InChI=1S/C29H35FN4O4S/c1-4-19-31-29(36)27(20-23-13-7-5-8-14-23)33(21-24-15-9-6-10-16-24)28(35)22-34(39(37,38)32(2)3)26-18-12-11-17-25(26)30/h5-18,27H,4,19-22H2,1-3H3,(H,31,36)/t27-/m0/s1. The van der Waals surface area contributed by atoms with Gasteiger partial charge in [-0.15, -0.1) is 0 Å². The number of hydrogen-bond acceptors (Lipinski definition) is 4. The SMILES string of the molecule is CCCNC(=O)[C@H](Cc1ccccc1)N(Cc1ccccc1)C(=O)CN(c1ccccc1F)S(=O)(=O)N(C)C. The van der Waals surface area contributed by atoms with Gasteiger partial charge in [-0.05, 0) is 29.7 Å². The molecule has 0 aliphatic carbocycles. The van der Waals surface area contributed by atoms with Crippen LogP contribution in [0.15, 0.2) is 84.9 Å². The Morgan fingerprint density at radius 3 is 2.00 bits per heavy atom. The molecule has 0 fully saturated rings. The molecule has 0 saturated carbocycles. The summed E-state index contributed by atoms with van der Waals surface area (Å²) >= 11 is 0. The van der Waals surface area contributed by atoms with E-state index in [9.17, 15) is 22.4 Å². The van der Waals surface area contributed by atoms with E-state index >= 15 is 0 Å². The van der Waals surface area contributed by atoms with E-state index in [0.29, 0.717) is 13.0 Å². The van der Waals surface area contributed by atoms with Gasteiger partial charge in [0.15, 0.2) is 0 Å². The number of nitrogens with one attached hydrogen (secondary N) is 1. The number of nitrogens with zero attached hydrogens (tertiary/aromatic N) is 3. The third kappa shape index (κ3) is 7.87. The van der Waals surface area contributed by atoms with Gasteiger partial charge < -0.3 is 10.2 Å². The van der Waals surface area contributed by atoms with E-state index in [2.05, 4.69) is 5.32 Å². The second-order valence-corrected chi connectivity index (χ2v) is 11.3. The van der Waals surface area contributed by atoms with E-state index in [-0.39, 0.29) is 24.6 Å². The van der Waals surface area contributed by atoms with Gasteiger partial charge in [-0.25, -0.2) is 8.70 Å². The predicted octanol–water partition coefficient (Wildman–Crippen LogP) is 3.60. The maximum absolute atomic E-state index is 14.8. The van der Waals surface area contributed by atoms with Gasteiger partial charge in [-0.3, -0.25) is 9.59 Å². The van der Waals surface area contributed by atoms with Crippen molar-refractivity contribution in [3.63, 3.8) is 0 Å². The summed E-state index contributed by atoms with van der Waals surface area (Å²) in [6.45, 7) is 1.72. The molecule has 0 heterocycles.